The monoisotopic (exact) mass is 434 g/mol. The summed E-state index contributed by atoms with van der Waals surface area (Å²) in [6, 6.07) is 6.58. The number of rotatable bonds is 6. The van der Waals surface area contributed by atoms with Crippen LogP contribution in [0, 0.1) is 0 Å². The Morgan fingerprint density at radius 3 is 2.52 bits per heavy atom. The summed E-state index contributed by atoms with van der Waals surface area (Å²) >= 11 is 1.10. The molecule has 0 aliphatic heterocycles. The number of sulfonamides is 1. The lowest BCUT2D eigenvalue weighted by Gasteiger charge is -2.15. The van der Waals surface area contributed by atoms with Crippen molar-refractivity contribution in [3.8, 4) is 5.95 Å². The molecule has 0 aromatic carbocycles. The molecule has 3 rings (SSSR count). The highest BCUT2D eigenvalue weighted by Crippen LogP contribution is 2.25. The van der Waals surface area contributed by atoms with Gasteiger partial charge in [0.25, 0.3) is 16.0 Å². The Hall–Kier alpha value is -2.63. The van der Waals surface area contributed by atoms with Crippen molar-refractivity contribution < 1.29 is 13.2 Å². The van der Waals surface area contributed by atoms with Gasteiger partial charge in [-0.1, -0.05) is 26.8 Å². The summed E-state index contributed by atoms with van der Waals surface area (Å²) in [5.41, 5.74) is 0.471. The molecule has 1 amide bonds. The highest BCUT2D eigenvalue weighted by atomic mass is 32.2. The summed E-state index contributed by atoms with van der Waals surface area (Å²) in [5.74, 6) is 0.177. The fourth-order valence-electron chi connectivity index (χ4n) is 2.42. The molecule has 0 atom stereocenters. The van der Waals surface area contributed by atoms with Crippen LogP contribution >= 0.6 is 11.3 Å². The molecule has 9 nitrogen and oxygen atoms in total. The number of carbonyl (C=O) groups is 1. The maximum Gasteiger partial charge on any atom is 0.252 e. The Balaban J connectivity index is 1.84. The third kappa shape index (κ3) is 4.69. The third-order valence-electron chi connectivity index (χ3n) is 4.01. The molecule has 0 aliphatic rings. The van der Waals surface area contributed by atoms with E-state index in [9.17, 15) is 13.2 Å². The van der Waals surface area contributed by atoms with Gasteiger partial charge in [-0.25, -0.2) is 18.4 Å². The van der Waals surface area contributed by atoms with Crippen molar-refractivity contribution in [3.05, 3.63) is 47.7 Å². The number of amides is 1. The van der Waals surface area contributed by atoms with Gasteiger partial charge >= 0.3 is 0 Å². The molecule has 11 heteroatoms. The SMILES string of the molecule is CN(CC(=O)Nc1cc(C(C)(C)C)nn1-c1ncccn1)S(=O)(=O)c1cccs1. The van der Waals surface area contributed by atoms with Gasteiger partial charge in [0.1, 0.15) is 10.0 Å². The number of thiophene rings is 1. The second kappa shape index (κ2) is 8.01. The normalized spacial score (nSPS) is 12.3. The zero-order chi connectivity index (χ0) is 21.2. The van der Waals surface area contributed by atoms with Crippen molar-refractivity contribution in [2.45, 2.75) is 30.4 Å². The lowest BCUT2D eigenvalue weighted by atomic mass is 9.92. The van der Waals surface area contributed by atoms with E-state index in [1.165, 1.54) is 17.8 Å². The van der Waals surface area contributed by atoms with E-state index >= 15 is 0 Å². The first kappa shape index (κ1) is 21.1. The van der Waals surface area contributed by atoms with Crippen LogP contribution in [0.4, 0.5) is 5.82 Å². The zero-order valence-corrected chi connectivity index (χ0v) is 18.2. The number of anilines is 1. The molecule has 0 radical (unpaired) electrons. The number of nitrogens with zero attached hydrogens (tertiary/aromatic N) is 5. The Bertz CT molecular complexity index is 1090. The van der Waals surface area contributed by atoms with Crippen molar-refractivity contribution in [1.82, 2.24) is 24.1 Å². The Labute approximate surface area is 173 Å². The Morgan fingerprint density at radius 2 is 1.93 bits per heavy atom. The van der Waals surface area contributed by atoms with E-state index in [-0.39, 0.29) is 16.2 Å². The van der Waals surface area contributed by atoms with E-state index in [1.54, 1.807) is 36.0 Å². The van der Waals surface area contributed by atoms with Crippen molar-refractivity contribution in [1.29, 1.82) is 0 Å². The number of nitrogens with one attached hydrogen (secondary N) is 1. The van der Waals surface area contributed by atoms with E-state index in [1.807, 2.05) is 20.8 Å². The average Bonchev–Trinajstić information content (AvgIpc) is 3.32. The number of hydrogen-bond donors (Lipinski definition) is 1. The number of likely N-dealkylation sites (N-methyl/N-ethyl adjacent to an activating group) is 1. The van der Waals surface area contributed by atoms with Crippen LogP contribution in [0.15, 0.2) is 46.2 Å². The highest BCUT2D eigenvalue weighted by molar-refractivity contribution is 7.91. The maximum atomic E-state index is 12.6. The lowest BCUT2D eigenvalue weighted by molar-refractivity contribution is -0.116. The van der Waals surface area contributed by atoms with Crippen LogP contribution in [0.5, 0.6) is 0 Å². The number of hydrogen-bond acceptors (Lipinski definition) is 7. The minimum atomic E-state index is -3.72. The molecule has 0 saturated heterocycles. The van der Waals surface area contributed by atoms with E-state index < -0.39 is 15.9 Å². The molecule has 0 unspecified atom stereocenters. The van der Waals surface area contributed by atoms with Crippen molar-refractivity contribution in [2.24, 2.45) is 0 Å². The van der Waals surface area contributed by atoms with Crippen molar-refractivity contribution in [3.63, 3.8) is 0 Å². The second-order valence-electron chi connectivity index (χ2n) is 7.37. The average molecular weight is 435 g/mol. The van der Waals surface area contributed by atoms with Gasteiger partial charge < -0.3 is 5.32 Å². The van der Waals surface area contributed by atoms with E-state index in [2.05, 4.69) is 20.4 Å². The summed E-state index contributed by atoms with van der Waals surface area (Å²) in [4.78, 5) is 20.9. The van der Waals surface area contributed by atoms with Crippen LogP contribution < -0.4 is 5.32 Å². The summed E-state index contributed by atoms with van der Waals surface area (Å²) < 4.78 is 27.7. The topological polar surface area (TPSA) is 110 Å². The van der Waals surface area contributed by atoms with Crippen LogP contribution in [0.25, 0.3) is 5.95 Å². The van der Waals surface area contributed by atoms with Crippen LogP contribution in [-0.2, 0) is 20.2 Å². The number of carbonyl (C=O) groups excluding carboxylic acids is 1. The quantitative estimate of drug-likeness (QED) is 0.637. The van der Waals surface area contributed by atoms with E-state index in [4.69, 9.17) is 0 Å². The molecule has 1 N–H and O–H groups in total. The minimum absolute atomic E-state index is 0.186. The molecule has 0 fully saturated rings. The molecule has 3 aromatic heterocycles. The lowest BCUT2D eigenvalue weighted by Crippen LogP contribution is -2.35. The first-order valence-corrected chi connectivity index (χ1v) is 11.1. The molecule has 0 aliphatic carbocycles. The van der Waals surface area contributed by atoms with Gasteiger partial charge in [-0.15, -0.1) is 11.3 Å². The summed E-state index contributed by atoms with van der Waals surface area (Å²) in [6.07, 6.45) is 3.15. The predicted molar refractivity (Wildman–Crippen MR) is 111 cm³/mol. The fourth-order valence-corrected chi connectivity index (χ4v) is 4.75. The first-order chi connectivity index (χ1) is 13.6. The van der Waals surface area contributed by atoms with Gasteiger partial charge in [-0.2, -0.15) is 14.1 Å². The van der Waals surface area contributed by atoms with Gasteiger partial charge in [0.05, 0.1) is 12.2 Å². The van der Waals surface area contributed by atoms with E-state index in [0.29, 0.717) is 11.8 Å². The van der Waals surface area contributed by atoms with Crippen molar-refractivity contribution in [2.75, 3.05) is 18.9 Å². The Kier molecular flexibility index (Phi) is 5.82. The fraction of sp³-hybridized carbons (Fsp3) is 0.333. The summed E-state index contributed by atoms with van der Waals surface area (Å²) in [6.45, 7) is 5.65. The standard InChI is InChI=1S/C18H22N6O3S2/c1-18(2,3)13-11-14(24(22-13)17-19-8-6-9-20-17)21-15(25)12-23(4)29(26,27)16-7-5-10-28-16/h5-11H,12H2,1-4H3,(H,21,25). The second-order valence-corrected chi connectivity index (χ2v) is 10.6. The molecule has 0 saturated carbocycles. The molecule has 3 heterocycles. The van der Waals surface area contributed by atoms with Crippen LogP contribution in [0.3, 0.4) is 0 Å². The molecule has 154 valence electrons. The predicted octanol–water partition coefficient (Wildman–Crippen LogP) is 2.28. The molecule has 0 spiro atoms. The highest BCUT2D eigenvalue weighted by Gasteiger charge is 2.26. The molecular formula is C18H22N6O3S2. The molecule has 29 heavy (non-hydrogen) atoms. The van der Waals surface area contributed by atoms with Gasteiger partial charge in [0.15, 0.2) is 0 Å². The van der Waals surface area contributed by atoms with E-state index in [0.717, 1.165) is 21.3 Å². The maximum absolute atomic E-state index is 12.6. The van der Waals surface area contributed by atoms with Crippen LogP contribution in [0.1, 0.15) is 26.5 Å². The smallest absolute Gasteiger partial charge is 0.252 e. The van der Waals surface area contributed by atoms with Crippen LogP contribution in [-0.4, -0.2) is 52.0 Å². The minimum Gasteiger partial charge on any atom is -0.309 e. The Morgan fingerprint density at radius 1 is 1.24 bits per heavy atom. The summed E-state index contributed by atoms with van der Waals surface area (Å²) in [7, 11) is -2.35. The van der Waals surface area contributed by atoms with Gasteiger partial charge in [-0.05, 0) is 17.5 Å². The molecule has 3 aromatic rings. The summed E-state index contributed by atoms with van der Waals surface area (Å²) in [5, 5.41) is 8.92. The molecular weight excluding hydrogens is 412 g/mol. The molecule has 0 bridgehead atoms. The first-order valence-electron chi connectivity index (χ1n) is 8.76. The van der Waals surface area contributed by atoms with Crippen LogP contribution in [0.2, 0.25) is 0 Å². The van der Waals surface area contributed by atoms with Gasteiger partial charge in [0, 0.05) is 30.9 Å². The largest absolute Gasteiger partial charge is 0.309 e. The van der Waals surface area contributed by atoms with Gasteiger partial charge in [-0.3, -0.25) is 4.79 Å². The third-order valence-corrected chi connectivity index (χ3v) is 7.19. The van der Waals surface area contributed by atoms with Gasteiger partial charge in [0.2, 0.25) is 5.91 Å². The number of aromatic nitrogens is 4. The zero-order valence-electron chi connectivity index (χ0n) is 16.5. The van der Waals surface area contributed by atoms with Crippen molar-refractivity contribution >= 4 is 33.1 Å².